The van der Waals surface area contributed by atoms with Crippen LogP contribution >= 0.6 is 24.0 Å². The number of morpholine rings is 2. The average Bonchev–Trinajstić information content (AvgIpc) is 2.81. The number of fused-ring (bicyclic) bond motifs is 4. The number of nitrogen functional groups attached to an aromatic ring is 1. The SMILES string of the molecule is C.CO.I.Nc1ccc(N2C[C@H]3C[C@@H](C2)O3)cc1.O=[N+]([O-])c1ccc(N2C[C@H]3C[C@@H](C2)O3)cc1. The van der Waals surface area contributed by atoms with Crippen LogP contribution < -0.4 is 15.5 Å². The van der Waals surface area contributed by atoms with Crippen molar-refractivity contribution in [2.24, 2.45) is 0 Å². The van der Waals surface area contributed by atoms with Crippen LogP contribution in [-0.4, -0.2) is 67.7 Å². The number of anilines is 3. The van der Waals surface area contributed by atoms with E-state index < -0.39 is 0 Å². The molecule has 0 aliphatic carbocycles. The lowest BCUT2D eigenvalue weighted by Gasteiger charge is -2.48. The zero-order valence-corrected chi connectivity index (χ0v) is 20.9. The molecule has 6 fully saturated rings. The van der Waals surface area contributed by atoms with E-state index in [0.29, 0.717) is 24.4 Å². The summed E-state index contributed by atoms with van der Waals surface area (Å²) in [6, 6.07) is 14.8. The highest BCUT2D eigenvalue weighted by molar-refractivity contribution is 14.0. The van der Waals surface area contributed by atoms with E-state index in [-0.39, 0.29) is 42.0 Å². The molecule has 8 rings (SSSR count). The summed E-state index contributed by atoms with van der Waals surface area (Å²) in [7, 11) is 1.00. The summed E-state index contributed by atoms with van der Waals surface area (Å²) >= 11 is 0. The molecule has 6 aliphatic heterocycles. The highest BCUT2D eigenvalue weighted by atomic mass is 127. The number of nitrogens with zero attached hydrogens (tertiary/aromatic N) is 3. The van der Waals surface area contributed by atoms with Gasteiger partial charge < -0.3 is 30.1 Å². The van der Waals surface area contributed by atoms with Crippen LogP contribution in [0.1, 0.15) is 20.3 Å². The van der Waals surface area contributed by atoms with Crippen LogP contribution in [-0.2, 0) is 9.47 Å². The molecule has 6 saturated heterocycles. The number of hydrogen-bond donors (Lipinski definition) is 2. The van der Waals surface area contributed by atoms with Crippen molar-refractivity contribution in [2.45, 2.75) is 44.7 Å². The Balaban J connectivity index is 0.000000214. The molecule has 2 aromatic carbocycles. The van der Waals surface area contributed by atoms with Crippen molar-refractivity contribution >= 4 is 46.7 Å². The van der Waals surface area contributed by atoms with Crippen LogP contribution in [0.3, 0.4) is 0 Å². The molecule has 9 nitrogen and oxygen atoms in total. The summed E-state index contributed by atoms with van der Waals surface area (Å²) in [6.45, 7) is 3.85. The number of aliphatic hydroxyl groups excluding tert-OH is 1. The third-order valence-electron chi connectivity index (χ3n) is 6.20. The van der Waals surface area contributed by atoms with E-state index in [9.17, 15) is 10.1 Å². The van der Waals surface area contributed by atoms with Gasteiger partial charge in [-0.2, -0.15) is 0 Å². The highest BCUT2D eigenvalue weighted by Crippen LogP contribution is 2.32. The van der Waals surface area contributed by atoms with Gasteiger partial charge in [-0.1, -0.05) is 7.43 Å². The van der Waals surface area contributed by atoms with E-state index in [0.717, 1.165) is 51.1 Å². The first-order valence-corrected chi connectivity index (χ1v) is 10.9. The lowest BCUT2D eigenvalue weighted by atomic mass is 9.98. The highest BCUT2D eigenvalue weighted by Gasteiger charge is 2.39. The minimum Gasteiger partial charge on any atom is -0.400 e. The molecular weight excluding hydrogens is 551 g/mol. The van der Waals surface area contributed by atoms with Gasteiger partial charge >= 0.3 is 0 Å². The van der Waals surface area contributed by atoms with Gasteiger partial charge in [-0.25, -0.2) is 0 Å². The van der Waals surface area contributed by atoms with Gasteiger partial charge in [0.25, 0.3) is 5.69 Å². The maximum absolute atomic E-state index is 10.5. The molecule has 6 aliphatic rings. The topological polar surface area (TPSA) is 114 Å². The first-order chi connectivity index (χ1) is 15.5. The van der Waals surface area contributed by atoms with Crippen LogP contribution in [0.4, 0.5) is 22.7 Å². The number of rotatable bonds is 3. The van der Waals surface area contributed by atoms with Crippen LogP contribution in [0.5, 0.6) is 0 Å². The number of aliphatic hydroxyl groups is 1. The number of nitro groups is 1. The number of non-ortho nitro benzene ring substituents is 1. The molecule has 3 N–H and O–H groups in total. The molecule has 0 amide bonds. The smallest absolute Gasteiger partial charge is 0.269 e. The lowest BCUT2D eigenvalue weighted by molar-refractivity contribution is -0.384. The van der Waals surface area contributed by atoms with Gasteiger partial charge in [-0.3, -0.25) is 10.1 Å². The average molecular weight is 586 g/mol. The fourth-order valence-electron chi connectivity index (χ4n) is 4.60. The second-order valence-electron chi connectivity index (χ2n) is 8.41. The van der Waals surface area contributed by atoms with Crippen LogP contribution in [0.15, 0.2) is 48.5 Å². The van der Waals surface area contributed by atoms with E-state index in [1.807, 2.05) is 24.3 Å². The molecule has 6 heterocycles. The number of nitro benzene ring substituents is 1. The second kappa shape index (κ2) is 12.5. The lowest BCUT2D eigenvalue weighted by Crippen LogP contribution is -2.57. The Morgan fingerprint density at radius 2 is 1.15 bits per heavy atom. The quantitative estimate of drug-likeness (QED) is 0.243. The summed E-state index contributed by atoms with van der Waals surface area (Å²) in [5.41, 5.74) is 8.92. The summed E-state index contributed by atoms with van der Waals surface area (Å²) in [6.07, 6.45) is 4.04. The van der Waals surface area contributed by atoms with Crippen molar-refractivity contribution < 1.29 is 19.5 Å². The maximum atomic E-state index is 10.5. The zero-order chi connectivity index (χ0) is 22.7. The van der Waals surface area contributed by atoms with Crippen molar-refractivity contribution in [3.8, 4) is 0 Å². The summed E-state index contributed by atoms with van der Waals surface area (Å²) in [5.74, 6) is 0. The van der Waals surface area contributed by atoms with E-state index in [4.69, 9.17) is 20.3 Å². The van der Waals surface area contributed by atoms with Crippen molar-refractivity contribution in [3.05, 3.63) is 58.6 Å². The van der Waals surface area contributed by atoms with Crippen LogP contribution in [0.25, 0.3) is 0 Å². The summed E-state index contributed by atoms with van der Waals surface area (Å²) in [5, 5.41) is 17.5. The minimum atomic E-state index is -0.374. The molecule has 2 aromatic rings. The largest absolute Gasteiger partial charge is 0.400 e. The molecule has 34 heavy (non-hydrogen) atoms. The van der Waals surface area contributed by atoms with Gasteiger partial charge in [0.15, 0.2) is 0 Å². The third kappa shape index (κ3) is 6.49. The van der Waals surface area contributed by atoms with Gasteiger partial charge in [0.2, 0.25) is 0 Å². The Bertz CT molecular complexity index is 883. The Kier molecular flexibility index (Phi) is 10.3. The first-order valence-electron chi connectivity index (χ1n) is 10.9. The normalized spacial score (nSPS) is 25.4. The first kappa shape index (κ1) is 28.1. The molecular formula is C24H35IN4O5. The predicted molar refractivity (Wildman–Crippen MR) is 145 cm³/mol. The van der Waals surface area contributed by atoms with Crippen molar-refractivity contribution in [1.82, 2.24) is 0 Å². The fourth-order valence-corrected chi connectivity index (χ4v) is 4.60. The molecule has 0 aromatic heterocycles. The summed E-state index contributed by atoms with van der Waals surface area (Å²) < 4.78 is 11.1. The monoisotopic (exact) mass is 586 g/mol. The van der Waals surface area contributed by atoms with Gasteiger partial charge in [0.05, 0.1) is 29.3 Å². The zero-order valence-electron chi connectivity index (χ0n) is 18.6. The minimum absolute atomic E-state index is 0. The van der Waals surface area contributed by atoms with Gasteiger partial charge in [-0.15, -0.1) is 24.0 Å². The number of nitrogens with two attached hydrogens (primary N) is 1. The van der Waals surface area contributed by atoms with E-state index >= 15 is 0 Å². The van der Waals surface area contributed by atoms with Crippen LogP contribution in [0.2, 0.25) is 0 Å². The molecule has 0 radical (unpaired) electrons. The third-order valence-corrected chi connectivity index (χ3v) is 6.20. The summed E-state index contributed by atoms with van der Waals surface area (Å²) in [4.78, 5) is 14.8. The molecule has 188 valence electrons. The Morgan fingerprint density at radius 3 is 1.47 bits per heavy atom. The molecule has 4 atom stereocenters. The van der Waals surface area contributed by atoms with E-state index in [1.54, 1.807) is 12.1 Å². The molecule has 0 saturated carbocycles. The van der Waals surface area contributed by atoms with E-state index in [1.165, 1.54) is 12.1 Å². The molecule has 10 heteroatoms. The van der Waals surface area contributed by atoms with Gasteiger partial charge in [0, 0.05) is 75.3 Å². The van der Waals surface area contributed by atoms with Gasteiger partial charge in [-0.05, 0) is 36.4 Å². The molecule has 0 spiro atoms. The Hall–Kier alpha value is -2.15. The predicted octanol–water partition coefficient (Wildman–Crippen LogP) is 3.68. The maximum Gasteiger partial charge on any atom is 0.269 e. The number of ether oxygens (including phenoxy) is 2. The van der Waals surface area contributed by atoms with Crippen LogP contribution in [0, 0.1) is 10.1 Å². The van der Waals surface area contributed by atoms with Gasteiger partial charge in [0.1, 0.15) is 0 Å². The Labute approximate surface area is 218 Å². The van der Waals surface area contributed by atoms with Crippen molar-refractivity contribution in [1.29, 1.82) is 0 Å². The van der Waals surface area contributed by atoms with E-state index in [2.05, 4.69) is 21.9 Å². The number of benzene rings is 2. The number of hydrogen-bond acceptors (Lipinski definition) is 8. The Morgan fingerprint density at radius 1 is 0.824 bits per heavy atom. The molecule has 4 bridgehead atoms. The van der Waals surface area contributed by atoms with Crippen molar-refractivity contribution in [3.63, 3.8) is 0 Å². The standard InChI is InChI=1S/C11H12N2O3.C11H14N2O.CH4O.CH4.HI/c14-13(15)9-3-1-8(2-4-9)12-6-10-5-11(7-12)16-10;12-8-1-3-9(4-2-8)13-6-10-5-11(7-13)14-10;1-2;;/h1-4,10-11H,5-7H2;1-4,10-11H,5-7,12H2;2H,1H3;1H4;1H/t2*10-,11+;;;. The number of piperidine rings is 2. The van der Waals surface area contributed by atoms with Crippen molar-refractivity contribution in [2.75, 3.05) is 48.8 Å². The second-order valence-corrected chi connectivity index (χ2v) is 8.41. The molecule has 0 unspecified atom stereocenters. The number of halogens is 1. The fraction of sp³-hybridized carbons (Fsp3) is 0.500.